The number of morpholine rings is 1. The Balaban J connectivity index is 1.01. The van der Waals surface area contributed by atoms with Gasteiger partial charge in [-0.25, -0.2) is 0 Å². The van der Waals surface area contributed by atoms with Gasteiger partial charge < -0.3 is 15.4 Å². The highest BCUT2D eigenvalue weighted by Crippen LogP contribution is 2.60. The molecule has 1 heterocycles. The van der Waals surface area contributed by atoms with Crippen molar-refractivity contribution in [2.24, 2.45) is 23.2 Å². The van der Waals surface area contributed by atoms with Crippen molar-refractivity contribution in [3.63, 3.8) is 0 Å². The van der Waals surface area contributed by atoms with Crippen LogP contribution in [0.3, 0.4) is 0 Å². The first kappa shape index (κ1) is 21.9. The van der Waals surface area contributed by atoms with Crippen LogP contribution in [0.5, 0.6) is 0 Å². The van der Waals surface area contributed by atoms with Gasteiger partial charge in [-0.2, -0.15) is 0 Å². The van der Waals surface area contributed by atoms with E-state index < -0.39 is 0 Å². The van der Waals surface area contributed by atoms with E-state index in [1.54, 1.807) is 0 Å². The Kier molecular flexibility index (Phi) is 6.51. The Hall–Kier alpha value is -1.92. The lowest BCUT2D eigenvalue weighted by Gasteiger charge is -2.55. The van der Waals surface area contributed by atoms with Gasteiger partial charge in [0.2, 0.25) is 11.8 Å². The van der Waals surface area contributed by atoms with Crippen LogP contribution in [0.15, 0.2) is 30.3 Å². The quantitative estimate of drug-likeness (QED) is 0.654. The third-order valence-electron chi connectivity index (χ3n) is 8.16. The lowest BCUT2D eigenvalue weighted by atomic mass is 9.49. The molecule has 1 aromatic carbocycles. The number of amides is 2. The van der Waals surface area contributed by atoms with E-state index >= 15 is 0 Å². The fourth-order valence-corrected chi connectivity index (χ4v) is 7.07. The number of rotatable bonds is 8. The number of carbonyl (C=O) groups excluding carboxylic acids is 2. The molecule has 1 saturated heterocycles. The van der Waals surface area contributed by atoms with Crippen LogP contribution >= 0.6 is 0 Å². The molecule has 0 radical (unpaired) electrons. The highest BCUT2D eigenvalue weighted by atomic mass is 16.5. The van der Waals surface area contributed by atoms with Gasteiger partial charge in [0.25, 0.3) is 0 Å². The van der Waals surface area contributed by atoms with Crippen molar-refractivity contribution in [2.75, 3.05) is 32.8 Å². The normalized spacial score (nSPS) is 33.8. The van der Waals surface area contributed by atoms with E-state index in [0.29, 0.717) is 26.1 Å². The zero-order valence-electron chi connectivity index (χ0n) is 19.1. The average molecular weight is 440 g/mol. The van der Waals surface area contributed by atoms with Gasteiger partial charge in [0.05, 0.1) is 12.7 Å². The molecule has 32 heavy (non-hydrogen) atoms. The minimum absolute atomic E-state index is 0.0121. The molecule has 4 saturated carbocycles. The first-order chi connectivity index (χ1) is 15.6. The van der Waals surface area contributed by atoms with Crippen LogP contribution in [0.1, 0.15) is 50.5 Å². The topological polar surface area (TPSA) is 70.7 Å². The number of nitrogens with zero attached hydrogens (tertiary/aromatic N) is 1. The summed E-state index contributed by atoms with van der Waals surface area (Å²) in [5, 5.41) is 6.11. The summed E-state index contributed by atoms with van der Waals surface area (Å²) in [6.07, 6.45) is 7.54. The van der Waals surface area contributed by atoms with Gasteiger partial charge in [-0.05, 0) is 61.8 Å². The number of carbonyl (C=O) groups is 2. The minimum atomic E-state index is -0.136. The van der Waals surface area contributed by atoms with E-state index in [2.05, 4.69) is 39.8 Å². The standard InChI is InChI=1S/C26H37N3O3/c30-24(28-16-23-18-29(8-9-32-23)17-19-4-2-1-3-5-19)6-7-27-25(31)26-13-20-10-21(14-26)12-22(11-20)15-26/h1-5,20-23H,6-18H2,(H,27,31)(H,28,30). The lowest BCUT2D eigenvalue weighted by molar-refractivity contribution is -0.146. The minimum Gasteiger partial charge on any atom is -0.374 e. The number of hydrogen-bond acceptors (Lipinski definition) is 4. The molecule has 4 bridgehead atoms. The van der Waals surface area contributed by atoms with Crippen molar-refractivity contribution in [1.82, 2.24) is 15.5 Å². The third kappa shape index (κ3) is 5.01. The molecule has 1 unspecified atom stereocenters. The Labute approximate surface area is 191 Å². The van der Waals surface area contributed by atoms with Gasteiger partial charge in [-0.3, -0.25) is 14.5 Å². The monoisotopic (exact) mass is 439 g/mol. The van der Waals surface area contributed by atoms with Gasteiger partial charge in [0.1, 0.15) is 0 Å². The summed E-state index contributed by atoms with van der Waals surface area (Å²) in [6.45, 7) is 4.28. The molecule has 6 nitrogen and oxygen atoms in total. The van der Waals surface area contributed by atoms with Crippen molar-refractivity contribution in [2.45, 2.75) is 57.6 Å². The molecule has 4 aliphatic carbocycles. The maximum Gasteiger partial charge on any atom is 0.226 e. The summed E-state index contributed by atoms with van der Waals surface area (Å²) >= 11 is 0. The van der Waals surface area contributed by atoms with Crippen LogP contribution < -0.4 is 10.6 Å². The second-order valence-corrected chi connectivity index (χ2v) is 10.7. The summed E-state index contributed by atoms with van der Waals surface area (Å²) in [5.74, 6) is 2.46. The van der Waals surface area contributed by atoms with E-state index in [9.17, 15) is 9.59 Å². The summed E-state index contributed by atoms with van der Waals surface area (Å²) in [7, 11) is 0. The largest absolute Gasteiger partial charge is 0.374 e. The lowest BCUT2D eigenvalue weighted by Crippen LogP contribution is -2.54. The van der Waals surface area contributed by atoms with Gasteiger partial charge in [0.15, 0.2) is 0 Å². The molecular weight excluding hydrogens is 402 g/mol. The van der Waals surface area contributed by atoms with Gasteiger partial charge >= 0.3 is 0 Å². The van der Waals surface area contributed by atoms with E-state index in [1.165, 1.54) is 24.8 Å². The number of benzene rings is 1. The molecule has 6 heteroatoms. The molecule has 5 aliphatic rings. The van der Waals surface area contributed by atoms with Gasteiger partial charge in [-0.1, -0.05) is 30.3 Å². The van der Waals surface area contributed by atoms with Crippen LogP contribution in [-0.4, -0.2) is 55.6 Å². The predicted octanol–water partition coefficient (Wildman–Crippen LogP) is 2.73. The average Bonchev–Trinajstić information content (AvgIpc) is 2.78. The van der Waals surface area contributed by atoms with Crippen LogP contribution in [0.4, 0.5) is 0 Å². The van der Waals surface area contributed by atoms with Crippen molar-refractivity contribution in [1.29, 1.82) is 0 Å². The zero-order chi connectivity index (χ0) is 22.0. The molecule has 2 amide bonds. The molecule has 2 N–H and O–H groups in total. The Morgan fingerprint density at radius 2 is 1.69 bits per heavy atom. The fraction of sp³-hybridized carbons (Fsp3) is 0.692. The smallest absolute Gasteiger partial charge is 0.226 e. The van der Waals surface area contributed by atoms with E-state index in [-0.39, 0.29) is 23.3 Å². The second kappa shape index (κ2) is 9.52. The van der Waals surface area contributed by atoms with Crippen molar-refractivity contribution in [3.8, 4) is 0 Å². The SMILES string of the molecule is O=C(CCNC(=O)C12CC3CC(CC(C3)C1)C2)NCC1CN(Cc2ccccc2)CCO1. The van der Waals surface area contributed by atoms with Crippen LogP contribution in [0.2, 0.25) is 0 Å². The van der Waals surface area contributed by atoms with E-state index in [4.69, 9.17) is 4.74 Å². The number of ether oxygens (including phenoxy) is 1. The van der Waals surface area contributed by atoms with Crippen LogP contribution in [-0.2, 0) is 20.9 Å². The number of hydrogen-bond donors (Lipinski definition) is 2. The highest BCUT2D eigenvalue weighted by molar-refractivity contribution is 5.84. The maximum absolute atomic E-state index is 13.0. The third-order valence-corrected chi connectivity index (χ3v) is 8.16. The van der Waals surface area contributed by atoms with Crippen LogP contribution in [0, 0.1) is 23.2 Å². The zero-order valence-corrected chi connectivity index (χ0v) is 19.1. The molecule has 5 fully saturated rings. The molecule has 1 aliphatic heterocycles. The van der Waals surface area contributed by atoms with E-state index in [0.717, 1.165) is 56.7 Å². The summed E-state index contributed by atoms with van der Waals surface area (Å²) in [5.41, 5.74) is 1.16. The van der Waals surface area contributed by atoms with Crippen molar-refractivity contribution < 1.29 is 14.3 Å². The Morgan fingerprint density at radius 1 is 1.00 bits per heavy atom. The Bertz CT molecular complexity index is 777. The molecule has 1 atom stereocenters. The highest BCUT2D eigenvalue weighted by Gasteiger charge is 2.54. The first-order valence-corrected chi connectivity index (χ1v) is 12.5. The predicted molar refractivity (Wildman–Crippen MR) is 123 cm³/mol. The van der Waals surface area contributed by atoms with Gasteiger partial charge in [0, 0.05) is 44.6 Å². The summed E-state index contributed by atoms with van der Waals surface area (Å²) < 4.78 is 5.85. The molecule has 1 aromatic rings. The molecule has 174 valence electrons. The van der Waals surface area contributed by atoms with Crippen LogP contribution in [0.25, 0.3) is 0 Å². The van der Waals surface area contributed by atoms with Gasteiger partial charge in [-0.15, -0.1) is 0 Å². The summed E-state index contributed by atoms with van der Waals surface area (Å²) in [4.78, 5) is 27.7. The molecular formula is C26H37N3O3. The number of nitrogens with one attached hydrogen (secondary N) is 2. The first-order valence-electron chi connectivity index (χ1n) is 12.5. The van der Waals surface area contributed by atoms with E-state index in [1.807, 2.05) is 6.07 Å². The molecule has 6 rings (SSSR count). The molecule has 0 aromatic heterocycles. The van der Waals surface area contributed by atoms with Crippen molar-refractivity contribution >= 4 is 11.8 Å². The second-order valence-electron chi connectivity index (χ2n) is 10.7. The maximum atomic E-state index is 13.0. The Morgan fingerprint density at radius 3 is 2.38 bits per heavy atom. The fourth-order valence-electron chi connectivity index (χ4n) is 7.07. The summed E-state index contributed by atoms with van der Waals surface area (Å²) in [6, 6.07) is 10.4. The van der Waals surface area contributed by atoms with Crippen molar-refractivity contribution in [3.05, 3.63) is 35.9 Å². The molecule has 0 spiro atoms.